The Morgan fingerprint density at radius 3 is 2.88 bits per heavy atom. The van der Waals surface area contributed by atoms with Crippen molar-refractivity contribution >= 4 is 11.6 Å². The molecule has 0 aliphatic rings. The van der Waals surface area contributed by atoms with Gasteiger partial charge in [0.2, 0.25) is 5.89 Å². The SMILES string of the molecule is CCOc1ccccc1-c1cnc(CCl)o1. The number of hydrogen-bond acceptors (Lipinski definition) is 3. The molecule has 4 heteroatoms. The third-order valence-corrected chi connectivity index (χ3v) is 2.35. The maximum absolute atomic E-state index is 5.64. The number of halogens is 1. The molecule has 1 aromatic carbocycles. The van der Waals surface area contributed by atoms with Crippen molar-refractivity contribution in [2.24, 2.45) is 0 Å². The zero-order valence-electron chi connectivity index (χ0n) is 8.94. The van der Waals surface area contributed by atoms with Crippen LogP contribution in [0.1, 0.15) is 12.8 Å². The second kappa shape index (κ2) is 5.03. The summed E-state index contributed by atoms with van der Waals surface area (Å²) in [4.78, 5) is 4.06. The first kappa shape index (κ1) is 11.0. The quantitative estimate of drug-likeness (QED) is 0.764. The van der Waals surface area contributed by atoms with Gasteiger partial charge in [0.25, 0.3) is 0 Å². The van der Waals surface area contributed by atoms with Crippen LogP contribution in [0.3, 0.4) is 0 Å². The Morgan fingerprint density at radius 2 is 2.19 bits per heavy atom. The number of para-hydroxylation sites is 1. The van der Waals surface area contributed by atoms with E-state index in [1.54, 1.807) is 6.20 Å². The standard InChI is InChI=1S/C12H12ClNO2/c1-2-15-10-6-4-3-5-9(10)11-8-14-12(7-13)16-11/h3-6,8H,2,7H2,1H3. The molecule has 0 bridgehead atoms. The monoisotopic (exact) mass is 237 g/mol. The van der Waals surface area contributed by atoms with E-state index < -0.39 is 0 Å². The number of rotatable bonds is 4. The van der Waals surface area contributed by atoms with E-state index in [9.17, 15) is 0 Å². The molecule has 84 valence electrons. The first-order valence-electron chi connectivity index (χ1n) is 5.08. The van der Waals surface area contributed by atoms with Gasteiger partial charge in [-0.3, -0.25) is 0 Å². The molecular formula is C12H12ClNO2. The van der Waals surface area contributed by atoms with Crippen LogP contribution < -0.4 is 4.74 Å². The van der Waals surface area contributed by atoms with Crippen molar-refractivity contribution in [1.82, 2.24) is 4.98 Å². The number of alkyl halides is 1. The van der Waals surface area contributed by atoms with Gasteiger partial charge < -0.3 is 9.15 Å². The molecule has 0 N–H and O–H groups in total. The summed E-state index contributed by atoms with van der Waals surface area (Å²) in [5.41, 5.74) is 0.896. The predicted molar refractivity (Wildman–Crippen MR) is 62.7 cm³/mol. The van der Waals surface area contributed by atoms with E-state index in [0.717, 1.165) is 11.3 Å². The van der Waals surface area contributed by atoms with Crippen LogP contribution in [0.2, 0.25) is 0 Å². The summed E-state index contributed by atoms with van der Waals surface area (Å²) < 4.78 is 11.0. The van der Waals surface area contributed by atoms with Gasteiger partial charge in [-0.25, -0.2) is 4.98 Å². The Labute approximate surface area is 99.0 Å². The molecule has 0 radical (unpaired) electrons. The lowest BCUT2D eigenvalue weighted by atomic mass is 10.1. The molecule has 1 heterocycles. The third-order valence-electron chi connectivity index (χ3n) is 2.12. The van der Waals surface area contributed by atoms with E-state index in [-0.39, 0.29) is 5.88 Å². The lowest BCUT2D eigenvalue weighted by molar-refractivity contribution is 0.340. The molecule has 3 nitrogen and oxygen atoms in total. The van der Waals surface area contributed by atoms with E-state index in [2.05, 4.69) is 4.98 Å². The van der Waals surface area contributed by atoms with Crippen LogP contribution in [-0.2, 0) is 5.88 Å². The number of aromatic nitrogens is 1. The average Bonchev–Trinajstić information content (AvgIpc) is 2.79. The molecular weight excluding hydrogens is 226 g/mol. The molecule has 0 aliphatic heterocycles. The van der Waals surface area contributed by atoms with Crippen LogP contribution in [0.15, 0.2) is 34.9 Å². The summed E-state index contributed by atoms with van der Waals surface area (Å²) in [6.07, 6.45) is 1.66. The Kier molecular flexibility index (Phi) is 3.47. The van der Waals surface area contributed by atoms with Crippen LogP contribution in [0.25, 0.3) is 11.3 Å². The Bertz CT molecular complexity index is 468. The van der Waals surface area contributed by atoms with E-state index in [1.165, 1.54) is 0 Å². The molecule has 0 unspecified atom stereocenters. The lowest BCUT2D eigenvalue weighted by Gasteiger charge is -2.06. The first-order chi connectivity index (χ1) is 7.85. The largest absolute Gasteiger partial charge is 0.493 e. The minimum atomic E-state index is 0.275. The lowest BCUT2D eigenvalue weighted by Crippen LogP contribution is -1.93. The van der Waals surface area contributed by atoms with Gasteiger partial charge >= 0.3 is 0 Å². The smallest absolute Gasteiger partial charge is 0.209 e. The fourth-order valence-corrected chi connectivity index (χ4v) is 1.57. The van der Waals surface area contributed by atoms with Crippen molar-refractivity contribution in [1.29, 1.82) is 0 Å². The summed E-state index contributed by atoms with van der Waals surface area (Å²) in [6, 6.07) is 7.69. The van der Waals surface area contributed by atoms with Gasteiger partial charge in [0, 0.05) is 0 Å². The van der Waals surface area contributed by atoms with Crippen molar-refractivity contribution in [3.8, 4) is 17.1 Å². The van der Waals surface area contributed by atoms with Crippen LogP contribution in [0, 0.1) is 0 Å². The van der Waals surface area contributed by atoms with Crippen LogP contribution in [0.5, 0.6) is 5.75 Å². The summed E-state index contributed by atoms with van der Waals surface area (Å²) in [5, 5.41) is 0. The predicted octanol–water partition coefficient (Wildman–Crippen LogP) is 3.48. The molecule has 2 rings (SSSR count). The van der Waals surface area contributed by atoms with E-state index in [0.29, 0.717) is 18.3 Å². The first-order valence-corrected chi connectivity index (χ1v) is 5.61. The highest BCUT2D eigenvalue weighted by Crippen LogP contribution is 2.30. The highest BCUT2D eigenvalue weighted by molar-refractivity contribution is 6.16. The van der Waals surface area contributed by atoms with Crippen molar-refractivity contribution < 1.29 is 9.15 Å². The fraction of sp³-hybridized carbons (Fsp3) is 0.250. The normalized spacial score (nSPS) is 10.4. The van der Waals surface area contributed by atoms with Gasteiger partial charge in [-0.2, -0.15) is 0 Å². The Morgan fingerprint density at radius 1 is 1.38 bits per heavy atom. The zero-order chi connectivity index (χ0) is 11.4. The highest BCUT2D eigenvalue weighted by Gasteiger charge is 2.10. The molecule has 0 fully saturated rings. The third kappa shape index (κ3) is 2.19. The molecule has 1 aromatic heterocycles. The molecule has 0 saturated carbocycles. The molecule has 0 saturated heterocycles. The average molecular weight is 238 g/mol. The van der Waals surface area contributed by atoms with Crippen molar-refractivity contribution in [3.63, 3.8) is 0 Å². The second-order valence-corrected chi connectivity index (χ2v) is 3.45. The van der Waals surface area contributed by atoms with Crippen LogP contribution in [0.4, 0.5) is 0 Å². The van der Waals surface area contributed by atoms with Gasteiger partial charge in [0.15, 0.2) is 5.76 Å². The van der Waals surface area contributed by atoms with Crippen LogP contribution in [-0.4, -0.2) is 11.6 Å². The molecule has 0 spiro atoms. The summed E-state index contributed by atoms with van der Waals surface area (Å²) in [5.74, 6) is 2.27. The molecule has 16 heavy (non-hydrogen) atoms. The van der Waals surface area contributed by atoms with Crippen molar-refractivity contribution in [3.05, 3.63) is 36.4 Å². The maximum atomic E-state index is 5.64. The van der Waals surface area contributed by atoms with Gasteiger partial charge in [0.05, 0.1) is 24.2 Å². The number of benzene rings is 1. The molecule has 0 amide bonds. The number of hydrogen-bond donors (Lipinski definition) is 0. The second-order valence-electron chi connectivity index (χ2n) is 3.18. The molecule has 0 atom stereocenters. The van der Waals surface area contributed by atoms with E-state index >= 15 is 0 Å². The summed E-state index contributed by atoms with van der Waals surface area (Å²) >= 11 is 5.64. The van der Waals surface area contributed by atoms with Gasteiger partial charge in [0.1, 0.15) is 5.75 Å². The topological polar surface area (TPSA) is 35.3 Å². The van der Waals surface area contributed by atoms with E-state index in [1.807, 2.05) is 31.2 Å². The van der Waals surface area contributed by atoms with E-state index in [4.69, 9.17) is 20.8 Å². The molecule has 0 aliphatic carbocycles. The van der Waals surface area contributed by atoms with Gasteiger partial charge in [-0.1, -0.05) is 12.1 Å². The fourth-order valence-electron chi connectivity index (χ4n) is 1.45. The van der Waals surface area contributed by atoms with Gasteiger partial charge in [-0.05, 0) is 19.1 Å². The Balaban J connectivity index is 2.38. The number of ether oxygens (including phenoxy) is 1. The maximum Gasteiger partial charge on any atom is 0.209 e. The van der Waals surface area contributed by atoms with Crippen LogP contribution >= 0.6 is 11.6 Å². The number of oxazole rings is 1. The summed E-state index contributed by atoms with van der Waals surface area (Å²) in [6.45, 7) is 2.56. The van der Waals surface area contributed by atoms with Crippen molar-refractivity contribution in [2.75, 3.05) is 6.61 Å². The zero-order valence-corrected chi connectivity index (χ0v) is 9.70. The highest BCUT2D eigenvalue weighted by atomic mass is 35.5. The van der Waals surface area contributed by atoms with Crippen molar-refractivity contribution in [2.45, 2.75) is 12.8 Å². The van der Waals surface area contributed by atoms with Gasteiger partial charge in [-0.15, -0.1) is 11.6 Å². The summed E-state index contributed by atoms with van der Waals surface area (Å²) in [7, 11) is 0. The molecule has 2 aromatic rings. The minimum absolute atomic E-state index is 0.275. The Hall–Kier alpha value is -1.48. The minimum Gasteiger partial charge on any atom is -0.493 e. The number of nitrogens with zero attached hydrogens (tertiary/aromatic N) is 1.